The van der Waals surface area contributed by atoms with Gasteiger partial charge in [-0.05, 0) is 18.9 Å². The van der Waals surface area contributed by atoms with Crippen molar-refractivity contribution in [3.05, 3.63) is 18.5 Å². The molecule has 0 radical (unpaired) electrons. The van der Waals surface area contributed by atoms with Crippen molar-refractivity contribution >= 4 is 17.8 Å². The number of hydrogen-bond acceptors (Lipinski definition) is 7. The Kier molecular flexibility index (Phi) is 7.96. The normalized spacial score (nSPS) is 23.9. The summed E-state index contributed by atoms with van der Waals surface area (Å²) in [6, 6.07) is 1.93. The first-order chi connectivity index (χ1) is 14.2. The zero-order valence-electron chi connectivity index (χ0n) is 16.9. The fraction of sp³-hybridized carbons (Fsp3) is 0.667. The molecule has 1 aromatic rings. The van der Waals surface area contributed by atoms with Crippen molar-refractivity contribution in [2.75, 3.05) is 51.8 Å². The fourth-order valence-electron chi connectivity index (χ4n) is 4.01. The number of anilines is 1. The number of carboxylic acid groups (broad SMARTS) is 1. The van der Waals surface area contributed by atoms with E-state index in [2.05, 4.69) is 25.1 Å². The fourth-order valence-corrected chi connectivity index (χ4v) is 4.01. The van der Waals surface area contributed by atoms with Crippen LogP contribution in [0.2, 0.25) is 0 Å². The van der Waals surface area contributed by atoms with Gasteiger partial charge in [0.05, 0.1) is 18.1 Å². The van der Waals surface area contributed by atoms with Crippen molar-refractivity contribution in [3.63, 3.8) is 0 Å². The van der Waals surface area contributed by atoms with E-state index < -0.39 is 12.1 Å². The van der Waals surface area contributed by atoms with Crippen LogP contribution < -0.4 is 10.2 Å². The number of nitrogens with one attached hydrogen (secondary N) is 1. The number of rotatable bonds is 5. The van der Waals surface area contributed by atoms with Crippen molar-refractivity contribution in [1.29, 1.82) is 0 Å². The number of carbonyl (C=O) groups excluding carboxylic acids is 1. The molecule has 9 nitrogen and oxygen atoms in total. The maximum atomic E-state index is 12.7. The molecule has 2 N–H and O–H groups in total. The number of ether oxygens (including phenoxy) is 1. The van der Waals surface area contributed by atoms with Crippen molar-refractivity contribution in [2.24, 2.45) is 5.41 Å². The number of fused-ring (bicyclic) bond motifs is 1. The number of likely N-dealkylation sites (tertiary alicyclic amines) is 1. The predicted molar refractivity (Wildman–Crippen MR) is 101 cm³/mol. The van der Waals surface area contributed by atoms with Gasteiger partial charge in [-0.15, -0.1) is 0 Å². The van der Waals surface area contributed by atoms with Crippen LogP contribution in [0.1, 0.15) is 12.8 Å². The molecule has 2 atom stereocenters. The third-order valence-corrected chi connectivity index (χ3v) is 5.32. The van der Waals surface area contributed by atoms with Crippen molar-refractivity contribution in [1.82, 2.24) is 20.2 Å². The number of methoxy groups -OCH3 is 1. The summed E-state index contributed by atoms with van der Waals surface area (Å²) in [4.78, 5) is 35.0. The van der Waals surface area contributed by atoms with E-state index in [0.717, 1.165) is 45.0 Å². The van der Waals surface area contributed by atoms with Crippen LogP contribution in [0.25, 0.3) is 0 Å². The molecule has 0 bridgehead atoms. The van der Waals surface area contributed by atoms with Crippen LogP contribution in [0.3, 0.4) is 0 Å². The van der Waals surface area contributed by atoms with Gasteiger partial charge in [0.15, 0.2) is 0 Å². The number of aliphatic carboxylic acids is 1. The molecular weight excluding hydrogens is 407 g/mol. The predicted octanol–water partition coefficient (Wildman–Crippen LogP) is 0.773. The minimum Gasteiger partial charge on any atom is -0.475 e. The highest BCUT2D eigenvalue weighted by Crippen LogP contribution is 2.43. The van der Waals surface area contributed by atoms with E-state index in [0.29, 0.717) is 6.61 Å². The van der Waals surface area contributed by atoms with Gasteiger partial charge >= 0.3 is 12.1 Å². The van der Waals surface area contributed by atoms with Crippen LogP contribution in [0.4, 0.5) is 19.1 Å². The molecule has 1 amide bonds. The number of carboxylic acids is 1. The second-order valence-electron chi connectivity index (χ2n) is 7.13. The number of aromatic nitrogens is 2. The summed E-state index contributed by atoms with van der Waals surface area (Å²) in [7, 11) is 3.44. The number of carbonyl (C=O) groups is 2. The minimum atomic E-state index is -5.08. The molecule has 3 heterocycles. The molecule has 0 saturated carbocycles. The van der Waals surface area contributed by atoms with Gasteiger partial charge < -0.3 is 20.1 Å². The summed E-state index contributed by atoms with van der Waals surface area (Å²) < 4.78 is 36.9. The van der Waals surface area contributed by atoms with Crippen LogP contribution in [0, 0.1) is 5.41 Å². The van der Waals surface area contributed by atoms with Gasteiger partial charge in [-0.25, -0.2) is 14.8 Å². The smallest absolute Gasteiger partial charge is 0.475 e. The van der Waals surface area contributed by atoms with Gasteiger partial charge in [0.2, 0.25) is 11.9 Å². The highest BCUT2D eigenvalue weighted by atomic mass is 19.4. The van der Waals surface area contributed by atoms with Gasteiger partial charge in [-0.3, -0.25) is 9.69 Å². The first kappa shape index (κ1) is 23.8. The third kappa shape index (κ3) is 5.36. The summed E-state index contributed by atoms with van der Waals surface area (Å²) in [6.45, 7) is 4.03. The van der Waals surface area contributed by atoms with E-state index in [9.17, 15) is 18.0 Å². The van der Waals surface area contributed by atoms with Gasteiger partial charge in [0.25, 0.3) is 0 Å². The monoisotopic (exact) mass is 433 g/mol. The lowest BCUT2D eigenvalue weighted by Gasteiger charge is -2.44. The number of hydrogen-bond donors (Lipinski definition) is 2. The van der Waals surface area contributed by atoms with Crippen molar-refractivity contribution < 1.29 is 32.6 Å². The number of piperidine rings is 1. The molecule has 2 aliphatic rings. The average Bonchev–Trinajstić information content (AvgIpc) is 3.11. The molecule has 0 spiro atoms. The molecule has 3 rings (SSSR count). The Hall–Kier alpha value is -2.47. The first-order valence-corrected chi connectivity index (χ1v) is 9.43. The molecule has 2 saturated heterocycles. The molecular formula is C18H26F3N5O4. The summed E-state index contributed by atoms with van der Waals surface area (Å²) in [5, 5.41) is 10.0. The van der Waals surface area contributed by atoms with Crippen molar-refractivity contribution in [2.45, 2.75) is 25.1 Å². The largest absolute Gasteiger partial charge is 0.490 e. The zero-order chi connectivity index (χ0) is 22.4. The number of nitrogens with zero attached hydrogens (tertiary/aromatic N) is 4. The van der Waals surface area contributed by atoms with E-state index >= 15 is 0 Å². The number of halogens is 3. The van der Waals surface area contributed by atoms with Crippen LogP contribution in [-0.2, 0) is 14.3 Å². The second kappa shape index (κ2) is 10.0. The molecule has 0 unspecified atom stereocenters. The van der Waals surface area contributed by atoms with Crippen molar-refractivity contribution in [3.8, 4) is 0 Å². The molecule has 2 fully saturated rings. The number of amides is 1. The van der Waals surface area contributed by atoms with E-state index in [4.69, 9.17) is 14.6 Å². The lowest BCUT2D eigenvalue weighted by molar-refractivity contribution is -0.192. The molecule has 12 heteroatoms. The third-order valence-electron chi connectivity index (χ3n) is 5.32. The maximum absolute atomic E-state index is 12.7. The SMILES string of the molecule is CNC(=O)[C@@]12CCCN(c3ncccn3)[C@@H]1CN(CCOC)C2.O=C(O)C(F)(F)F. The Morgan fingerprint density at radius 1 is 1.37 bits per heavy atom. The van der Waals surface area contributed by atoms with E-state index in [1.807, 2.05) is 6.07 Å². The van der Waals surface area contributed by atoms with Gasteiger partial charge in [0.1, 0.15) is 0 Å². The molecule has 1 aromatic heterocycles. The molecule has 0 aromatic carbocycles. The molecule has 2 aliphatic heterocycles. The standard InChI is InChI=1S/C16H25N5O2.C2HF3O2/c1-17-14(22)16-5-3-8-21(15-18-6-4-7-19-15)13(16)11-20(12-16)9-10-23-2;3-2(4,5)1(6)7/h4,6-7,13H,3,5,8-12H2,1-2H3,(H,17,22);(H,6,7)/t13-,16-;/m1./s1. The molecule has 168 valence electrons. The van der Waals surface area contributed by atoms with E-state index in [1.165, 1.54) is 0 Å². The zero-order valence-corrected chi connectivity index (χ0v) is 16.9. The van der Waals surface area contributed by atoms with Gasteiger partial charge in [0, 0.05) is 52.7 Å². The Labute approximate surface area is 172 Å². The number of alkyl halides is 3. The second-order valence-corrected chi connectivity index (χ2v) is 7.13. The Bertz CT molecular complexity index is 722. The Morgan fingerprint density at radius 2 is 2.00 bits per heavy atom. The average molecular weight is 433 g/mol. The highest BCUT2D eigenvalue weighted by Gasteiger charge is 2.55. The van der Waals surface area contributed by atoms with Crippen LogP contribution in [-0.4, -0.2) is 91.0 Å². The lowest BCUT2D eigenvalue weighted by Crippen LogP contribution is -2.58. The molecule has 30 heavy (non-hydrogen) atoms. The summed E-state index contributed by atoms with van der Waals surface area (Å²) in [5.41, 5.74) is -0.389. The minimum absolute atomic E-state index is 0.107. The van der Waals surface area contributed by atoms with Crippen LogP contribution in [0.15, 0.2) is 18.5 Å². The Morgan fingerprint density at radius 3 is 2.53 bits per heavy atom. The van der Waals surface area contributed by atoms with Crippen LogP contribution >= 0.6 is 0 Å². The topological polar surface area (TPSA) is 108 Å². The summed E-state index contributed by atoms with van der Waals surface area (Å²) in [6.07, 6.45) is 0.316. The van der Waals surface area contributed by atoms with E-state index in [1.54, 1.807) is 26.6 Å². The quantitative estimate of drug-likeness (QED) is 0.701. The summed E-state index contributed by atoms with van der Waals surface area (Å²) in [5.74, 6) is -1.91. The first-order valence-electron chi connectivity index (χ1n) is 9.43. The van der Waals surface area contributed by atoms with Crippen LogP contribution in [0.5, 0.6) is 0 Å². The Balaban J connectivity index is 0.000000396. The summed E-state index contributed by atoms with van der Waals surface area (Å²) >= 11 is 0. The van der Waals surface area contributed by atoms with Gasteiger partial charge in [-0.1, -0.05) is 0 Å². The maximum Gasteiger partial charge on any atom is 0.490 e. The van der Waals surface area contributed by atoms with E-state index in [-0.39, 0.29) is 17.4 Å². The molecule has 0 aliphatic carbocycles. The van der Waals surface area contributed by atoms with Gasteiger partial charge in [-0.2, -0.15) is 13.2 Å². The lowest BCUT2D eigenvalue weighted by atomic mass is 9.74. The highest BCUT2D eigenvalue weighted by molar-refractivity contribution is 5.85.